The number of ketones is 1. The molecule has 0 aliphatic rings. The standard InChI is InChI=1S/C16H14BrClO2/c1-2-16(19)11-4-7-14(8-5-11)20-10-12-3-6-13(17)9-15(12)18/h3-9H,2,10H2,1H3. The molecule has 0 spiro atoms. The Morgan fingerprint density at radius 2 is 1.90 bits per heavy atom. The second-order valence-electron chi connectivity index (χ2n) is 4.33. The molecule has 2 aromatic rings. The molecule has 0 aliphatic heterocycles. The van der Waals surface area contributed by atoms with Crippen molar-refractivity contribution >= 4 is 33.3 Å². The van der Waals surface area contributed by atoms with E-state index in [-0.39, 0.29) is 5.78 Å². The number of Topliss-reactive ketones (excluding diaryl/α,β-unsaturated/α-hetero) is 1. The highest BCUT2D eigenvalue weighted by atomic mass is 79.9. The van der Waals surface area contributed by atoms with Gasteiger partial charge in [0.1, 0.15) is 12.4 Å². The molecule has 0 bridgehead atoms. The summed E-state index contributed by atoms with van der Waals surface area (Å²) in [6, 6.07) is 12.8. The number of ether oxygens (including phenoxy) is 1. The normalized spacial score (nSPS) is 10.3. The zero-order chi connectivity index (χ0) is 14.5. The molecule has 2 nitrogen and oxygen atoms in total. The highest BCUT2D eigenvalue weighted by molar-refractivity contribution is 9.10. The number of carbonyl (C=O) groups is 1. The van der Waals surface area contributed by atoms with Gasteiger partial charge < -0.3 is 4.74 Å². The van der Waals surface area contributed by atoms with E-state index in [9.17, 15) is 4.79 Å². The SMILES string of the molecule is CCC(=O)c1ccc(OCc2ccc(Br)cc2Cl)cc1. The smallest absolute Gasteiger partial charge is 0.162 e. The molecule has 2 aromatic carbocycles. The highest BCUT2D eigenvalue weighted by Gasteiger charge is 2.05. The van der Waals surface area contributed by atoms with E-state index < -0.39 is 0 Å². The summed E-state index contributed by atoms with van der Waals surface area (Å²) >= 11 is 9.49. The topological polar surface area (TPSA) is 26.3 Å². The average Bonchev–Trinajstić information content (AvgIpc) is 2.46. The van der Waals surface area contributed by atoms with Crippen LogP contribution in [0.25, 0.3) is 0 Å². The summed E-state index contributed by atoms with van der Waals surface area (Å²) in [5.74, 6) is 0.851. The average molecular weight is 354 g/mol. The number of benzene rings is 2. The number of hydrogen-bond donors (Lipinski definition) is 0. The van der Waals surface area contributed by atoms with E-state index in [1.807, 2.05) is 25.1 Å². The lowest BCUT2D eigenvalue weighted by atomic mass is 10.1. The third kappa shape index (κ3) is 3.84. The Morgan fingerprint density at radius 1 is 1.20 bits per heavy atom. The Balaban J connectivity index is 2.02. The van der Waals surface area contributed by atoms with Gasteiger partial charge in [-0.25, -0.2) is 0 Å². The van der Waals surface area contributed by atoms with Gasteiger partial charge in [-0.3, -0.25) is 4.79 Å². The minimum atomic E-state index is 0.132. The fraction of sp³-hybridized carbons (Fsp3) is 0.188. The molecule has 0 saturated heterocycles. The van der Waals surface area contributed by atoms with Crippen LogP contribution in [0.2, 0.25) is 5.02 Å². The maximum absolute atomic E-state index is 11.5. The molecular weight excluding hydrogens is 340 g/mol. The second-order valence-corrected chi connectivity index (χ2v) is 5.65. The van der Waals surface area contributed by atoms with Crippen molar-refractivity contribution in [2.24, 2.45) is 0 Å². The molecule has 0 N–H and O–H groups in total. The van der Waals surface area contributed by atoms with Crippen molar-refractivity contribution in [1.29, 1.82) is 0 Å². The predicted molar refractivity (Wildman–Crippen MR) is 84.5 cm³/mol. The van der Waals surface area contributed by atoms with E-state index in [2.05, 4.69) is 15.9 Å². The molecule has 2 rings (SSSR count). The lowest BCUT2D eigenvalue weighted by molar-refractivity contribution is 0.0988. The largest absolute Gasteiger partial charge is 0.489 e. The molecule has 0 aromatic heterocycles. The minimum absolute atomic E-state index is 0.132. The Kier molecular flexibility index (Phi) is 5.21. The van der Waals surface area contributed by atoms with Gasteiger partial charge in [-0.1, -0.05) is 40.5 Å². The third-order valence-electron chi connectivity index (χ3n) is 2.91. The Hall–Kier alpha value is -1.32. The quantitative estimate of drug-likeness (QED) is 0.684. The van der Waals surface area contributed by atoms with E-state index in [1.54, 1.807) is 24.3 Å². The zero-order valence-electron chi connectivity index (χ0n) is 11.0. The van der Waals surface area contributed by atoms with Crippen LogP contribution in [0.5, 0.6) is 5.75 Å². The maximum Gasteiger partial charge on any atom is 0.162 e. The predicted octanol–water partition coefficient (Wildman–Crippen LogP) is 5.27. The van der Waals surface area contributed by atoms with Crippen LogP contribution < -0.4 is 4.74 Å². The number of carbonyl (C=O) groups excluding carboxylic acids is 1. The van der Waals surface area contributed by atoms with Crippen molar-refractivity contribution in [2.45, 2.75) is 20.0 Å². The van der Waals surface area contributed by atoms with E-state index in [1.165, 1.54) is 0 Å². The molecule has 0 atom stereocenters. The van der Waals surface area contributed by atoms with Gasteiger partial charge >= 0.3 is 0 Å². The van der Waals surface area contributed by atoms with Crippen LogP contribution in [0.4, 0.5) is 0 Å². The zero-order valence-corrected chi connectivity index (χ0v) is 13.4. The van der Waals surface area contributed by atoms with Crippen LogP contribution in [-0.2, 0) is 6.61 Å². The van der Waals surface area contributed by atoms with E-state index in [4.69, 9.17) is 16.3 Å². The van der Waals surface area contributed by atoms with Crippen molar-refractivity contribution in [3.05, 3.63) is 63.1 Å². The summed E-state index contributed by atoms with van der Waals surface area (Å²) < 4.78 is 6.61. The third-order valence-corrected chi connectivity index (χ3v) is 3.75. The number of halogens is 2. The molecule has 0 amide bonds. The highest BCUT2D eigenvalue weighted by Crippen LogP contribution is 2.23. The van der Waals surface area contributed by atoms with Gasteiger partial charge in [-0.2, -0.15) is 0 Å². The Labute approximate surface area is 131 Å². The molecule has 0 unspecified atom stereocenters. The van der Waals surface area contributed by atoms with Gasteiger partial charge in [0, 0.05) is 27.0 Å². The molecular formula is C16H14BrClO2. The molecule has 0 saturated carbocycles. The molecule has 104 valence electrons. The maximum atomic E-state index is 11.5. The van der Waals surface area contributed by atoms with Gasteiger partial charge in [-0.15, -0.1) is 0 Å². The summed E-state index contributed by atoms with van der Waals surface area (Å²) in [6.07, 6.45) is 0.509. The molecule has 0 fully saturated rings. The minimum Gasteiger partial charge on any atom is -0.489 e. The van der Waals surface area contributed by atoms with E-state index in [0.717, 1.165) is 15.8 Å². The van der Waals surface area contributed by atoms with Crippen LogP contribution >= 0.6 is 27.5 Å². The van der Waals surface area contributed by atoms with E-state index in [0.29, 0.717) is 23.6 Å². The fourth-order valence-corrected chi connectivity index (χ4v) is 2.47. The van der Waals surface area contributed by atoms with Crippen molar-refractivity contribution in [3.8, 4) is 5.75 Å². The molecule has 20 heavy (non-hydrogen) atoms. The van der Waals surface area contributed by atoms with Gasteiger partial charge in [0.2, 0.25) is 0 Å². The molecule has 0 radical (unpaired) electrons. The van der Waals surface area contributed by atoms with Gasteiger partial charge in [0.05, 0.1) is 0 Å². The second kappa shape index (κ2) is 6.91. The number of rotatable bonds is 5. The van der Waals surface area contributed by atoms with Crippen LogP contribution in [0.3, 0.4) is 0 Å². The van der Waals surface area contributed by atoms with Crippen LogP contribution in [0.15, 0.2) is 46.9 Å². The summed E-state index contributed by atoms with van der Waals surface area (Å²) in [6.45, 7) is 2.25. The lowest BCUT2D eigenvalue weighted by Crippen LogP contribution is -1.98. The molecule has 4 heteroatoms. The summed E-state index contributed by atoms with van der Waals surface area (Å²) in [5, 5.41) is 0.664. The first-order valence-corrected chi connectivity index (χ1v) is 7.47. The van der Waals surface area contributed by atoms with Gasteiger partial charge in [-0.05, 0) is 36.4 Å². The van der Waals surface area contributed by atoms with Crippen molar-refractivity contribution in [1.82, 2.24) is 0 Å². The first kappa shape index (κ1) is 15.1. The van der Waals surface area contributed by atoms with Crippen molar-refractivity contribution in [2.75, 3.05) is 0 Å². The first-order valence-electron chi connectivity index (χ1n) is 6.30. The van der Waals surface area contributed by atoms with Crippen LogP contribution in [-0.4, -0.2) is 5.78 Å². The van der Waals surface area contributed by atoms with Crippen molar-refractivity contribution in [3.63, 3.8) is 0 Å². The summed E-state index contributed by atoms with van der Waals surface area (Å²) in [5.41, 5.74) is 1.63. The molecule has 0 heterocycles. The lowest BCUT2D eigenvalue weighted by Gasteiger charge is -2.08. The van der Waals surface area contributed by atoms with Crippen LogP contribution in [0, 0.1) is 0 Å². The summed E-state index contributed by atoms with van der Waals surface area (Å²) in [7, 11) is 0. The Morgan fingerprint density at radius 3 is 2.50 bits per heavy atom. The number of hydrogen-bond acceptors (Lipinski definition) is 2. The van der Waals surface area contributed by atoms with E-state index >= 15 is 0 Å². The fourth-order valence-electron chi connectivity index (χ4n) is 1.74. The monoisotopic (exact) mass is 352 g/mol. The molecule has 0 aliphatic carbocycles. The van der Waals surface area contributed by atoms with Gasteiger partial charge in [0.15, 0.2) is 5.78 Å². The summed E-state index contributed by atoms with van der Waals surface area (Å²) in [4.78, 5) is 11.5. The Bertz CT molecular complexity index is 608. The van der Waals surface area contributed by atoms with Gasteiger partial charge in [0.25, 0.3) is 0 Å². The van der Waals surface area contributed by atoms with Crippen molar-refractivity contribution < 1.29 is 9.53 Å². The van der Waals surface area contributed by atoms with Crippen LogP contribution in [0.1, 0.15) is 29.3 Å². The first-order chi connectivity index (χ1) is 9.60.